The van der Waals surface area contributed by atoms with Crippen molar-refractivity contribution in [2.75, 3.05) is 6.61 Å². The number of carbonyl (C=O) groups is 2. The van der Waals surface area contributed by atoms with E-state index in [1.54, 1.807) is 4.90 Å². The lowest BCUT2D eigenvalue weighted by Crippen LogP contribution is -2.34. The van der Waals surface area contributed by atoms with Gasteiger partial charge in [-0.05, 0) is 23.3 Å². The first-order valence-electron chi connectivity index (χ1n) is 9.05. The third kappa shape index (κ3) is 5.59. The Morgan fingerprint density at radius 3 is 1.90 bits per heavy atom. The molecule has 0 saturated heterocycles. The van der Waals surface area contributed by atoms with E-state index < -0.39 is 5.97 Å². The molecule has 0 aliphatic heterocycles. The van der Waals surface area contributed by atoms with Gasteiger partial charge in [0.1, 0.15) is 5.56 Å². The third-order valence-electron chi connectivity index (χ3n) is 4.32. The van der Waals surface area contributed by atoms with Crippen LogP contribution in [0.2, 0.25) is 5.02 Å². The van der Waals surface area contributed by atoms with Crippen LogP contribution in [-0.4, -0.2) is 28.5 Å². The molecule has 3 aromatic carbocycles. The molecule has 6 heteroatoms. The summed E-state index contributed by atoms with van der Waals surface area (Å²) in [4.78, 5) is 26.0. The maximum absolute atomic E-state index is 12.9. The maximum atomic E-state index is 12.9. The lowest BCUT2D eigenvalue weighted by molar-refractivity contribution is -0.134. The Kier molecular flexibility index (Phi) is 6.87. The largest absolute Gasteiger partial charge is 0.481 e. The maximum Gasteiger partial charge on any atom is 0.339 e. The number of amides is 1. The highest BCUT2D eigenvalue weighted by atomic mass is 35.5. The van der Waals surface area contributed by atoms with Gasteiger partial charge in [0.05, 0.1) is 5.02 Å². The van der Waals surface area contributed by atoms with Crippen LogP contribution >= 0.6 is 11.6 Å². The molecule has 3 aromatic rings. The van der Waals surface area contributed by atoms with Crippen molar-refractivity contribution < 1.29 is 19.4 Å². The van der Waals surface area contributed by atoms with E-state index in [1.807, 2.05) is 60.7 Å². The molecule has 1 N–H and O–H groups in total. The van der Waals surface area contributed by atoms with E-state index in [0.717, 1.165) is 11.1 Å². The average Bonchev–Trinajstić information content (AvgIpc) is 2.73. The highest BCUT2D eigenvalue weighted by Crippen LogP contribution is 2.28. The molecule has 0 spiro atoms. The molecular formula is C23H20ClNO4. The smallest absolute Gasteiger partial charge is 0.339 e. The molecule has 29 heavy (non-hydrogen) atoms. The van der Waals surface area contributed by atoms with E-state index in [-0.39, 0.29) is 28.8 Å². The molecule has 0 saturated carbocycles. The highest BCUT2D eigenvalue weighted by molar-refractivity contribution is 6.32. The second-order valence-electron chi connectivity index (χ2n) is 6.43. The molecule has 0 fully saturated rings. The topological polar surface area (TPSA) is 66.8 Å². The average molecular weight is 410 g/mol. The van der Waals surface area contributed by atoms with Crippen molar-refractivity contribution in [3.63, 3.8) is 0 Å². The minimum atomic E-state index is -1.17. The molecule has 0 heterocycles. The van der Waals surface area contributed by atoms with Crippen LogP contribution in [0.3, 0.4) is 0 Å². The number of rotatable bonds is 8. The summed E-state index contributed by atoms with van der Waals surface area (Å²) in [5.74, 6) is -1.44. The molecule has 1 amide bonds. The minimum Gasteiger partial charge on any atom is -0.481 e. The van der Waals surface area contributed by atoms with Crippen LogP contribution in [0.1, 0.15) is 21.5 Å². The van der Waals surface area contributed by atoms with Gasteiger partial charge in [-0.3, -0.25) is 4.79 Å². The molecule has 3 rings (SSSR count). The van der Waals surface area contributed by atoms with Crippen LogP contribution in [0, 0.1) is 0 Å². The zero-order valence-electron chi connectivity index (χ0n) is 15.6. The Hall–Kier alpha value is -3.31. The monoisotopic (exact) mass is 409 g/mol. The van der Waals surface area contributed by atoms with Crippen molar-refractivity contribution in [3.05, 3.63) is 101 Å². The number of carboxylic acids is 1. The van der Waals surface area contributed by atoms with Gasteiger partial charge in [0.15, 0.2) is 12.4 Å². The fourth-order valence-electron chi connectivity index (χ4n) is 2.89. The SMILES string of the molecule is O=C(O)c1cccc(Cl)c1OCC(=O)N(Cc1ccccc1)Cc1ccccc1. The van der Waals surface area contributed by atoms with Crippen molar-refractivity contribution in [1.29, 1.82) is 0 Å². The van der Waals surface area contributed by atoms with Gasteiger partial charge in [-0.2, -0.15) is 0 Å². The van der Waals surface area contributed by atoms with Crippen LogP contribution in [0.15, 0.2) is 78.9 Å². The number of benzene rings is 3. The number of hydrogen-bond donors (Lipinski definition) is 1. The lowest BCUT2D eigenvalue weighted by atomic mass is 10.1. The molecular weight excluding hydrogens is 390 g/mol. The van der Waals surface area contributed by atoms with Gasteiger partial charge in [0, 0.05) is 13.1 Å². The second kappa shape index (κ2) is 9.75. The third-order valence-corrected chi connectivity index (χ3v) is 4.62. The molecule has 0 radical (unpaired) electrons. The van der Waals surface area contributed by atoms with Crippen molar-refractivity contribution in [3.8, 4) is 5.75 Å². The summed E-state index contributed by atoms with van der Waals surface area (Å²) in [5, 5.41) is 9.47. The first-order chi connectivity index (χ1) is 14.0. The highest BCUT2D eigenvalue weighted by Gasteiger charge is 2.19. The van der Waals surface area contributed by atoms with Gasteiger partial charge in [0.2, 0.25) is 0 Å². The first kappa shape index (κ1) is 20.4. The number of hydrogen-bond acceptors (Lipinski definition) is 3. The minimum absolute atomic E-state index is 0.00520. The summed E-state index contributed by atoms with van der Waals surface area (Å²) in [6.07, 6.45) is 0. The van der Waals surface area contributed by atoms with Crippen molar-refractivity contribution in [2.45, 2.75) is 13.1 Å². The van der Waals surface area contributed by atoms with Crippen molar-refractivity contribution >= 4 is 23.5 Å². The molecule has 0 aliphatic rings. The standard InChI is InChI=1S/C23H20ClNO4/c24-20-13-7-12-19(23(27)28)22(20)29-16-21(26)25(14-17-8-3-1-4-9-17)15-18-10-5-2-6-11-18/h1-13H,14-16H2,(H,27,28). The Morgan fingerprint density at radius 2 is 1.38 bits per heavy atom. The second-order valence-corrected chi connectivity index (χ2v) is 6.84. The van der Waals surface area contributed by atoms with Crippen LogP contribution in [0.5, 0.6) is 5.75 Å². The molecule has 0 atom stereocenters. The summed E-state index contributed by atoms with van der Waals surface area (Å²) in [6, 6.07) is 23.7. The number of aromatic carboxylic acids is 1. The van der Waals surface area contributed by atoms with Crippen LogP contribution < -0.4 is 4.74 Å². The summed E-state index contributed by atoms with van der Waals surface area (Å²) >= 11 is 6.08. The summed E-state index contributed by atoms with van der Waals surface area (Å²) < 4.78 is 5.54. The van der Waals surface area contributed by atoms with Crippen molar-refractivity contribution in [2.24, 2.45) is 0 Å². The van der Waals surface area contributed by atoms with Gasteiger partial charge in [0.25, 0.3) is 5.91 Å². The van der Waals surface area contributed by atoms with Crippen LogP contribution in [-0.2, 0) is 17.9 Å². The van der Waals surface area contributed by atoms with E-state index in [0.29, 0.717) is 13.1 Å². The fourth-order valence-corrected chi connectivity index (χ4v) is 3.12. The van der Waals surface area contributed by atoms with Gasteiger partial charge in [-0.25, -0.2) is 4.79 Å². The molecule has 0 bridgehead atoms. The van der Waals surface area contributed by atoms with E-state index >= 15 is 0 Å². The summed E-state index contributed by atoms with van der Waals surface area (Å²) in [5.41, 5.74) is 1.89. The molecule has 0 aliphatic carbocycles. The van der Waals surface area contributed by atoms with Gasteiger partial charge in [-0.1, -0.05) is 78.3 Å². The van der Waals surface area contributed by atoms with Gasteiger partial charge < -0.3 is 14.7 Å². The number of nitrogens with zero attached hydrogens (tertiary/aromatic N) is 1. The molecule has 0 unspecified atom stereocenters. The molecule has 0 aromatic heterocycles. The zero-order valence-corrected chi connectivity index (χ0v) is 16.4. The predicted molar refractivity (Wildman–Crippen MR) is 111 cm³/mol. The van der Waals surface area contributed by atoms with Gasteiger partial charge in [-0.15, -0.1) is 0 Å². The van der Waals surface area contributed by atoms with Gasteiger partial charge >= 0.3 is 5.97 Å². The van der Waals surface area contributed by atoms with E-state index in [4.69, 9.17) is 16.3 Å². The predicted octanol–water partition coefficient (Wildman–Crippen LogP) is 4.65. The quantitative estimate of drug-likeness (QED) is 0.588. The van der Waals surface area contributed by atoms with Crippen LogP contribution in [0.25, 0.3) is 0 Å². The number of para-hydroxylation sites is 1. The number of ether oxygens (including phenoxy) is 1. The number of carboxylic acid groups (broad SMARTS) is 1. The van der Waals surface area contributed by atoms with Crippen LogP contribution in [0.4, 0.5) is 0 Å². The molecule has 5 nitrogen and oxygen atoms in total. The van der Waals surface area contributed by atoms with E-state index in [2.05, 4.69) is 0 Å². The lowest BCUT2D eigenvalue weighted by Gasteiger charge is -2.23. The Balaban J connectivity index is 1.77. The first-order valence-corrected chi connectivity index (χ1v) is 9.42. The number of carbonyl (C=O) groups excluding carboxylic acids is 1. The van der Waals surface area contributed by atoms with Crippen molar-refractivity contribution in [1.82, 2.24) is 4.90 Å². The Labute approximate surface area is 174 Å². The number of halogens is 1. The van der Waals surface area contributed by atoms with E-state index in [9.17, 15) is 14.7 Å². The fraction of sp³-hybridized carbons (Fsp3) is 0.130. The zero-order chi connectivity index (χ0) is 20.6. The normalized spacial score (nSPS) is 10.4. The Morgan fingerprint density at radius 1 is 0.828 bits per heavy atom. The van der Waals surface area contributed by atoms with E-state index in [1.165, 1.54) is 18.2 Å². The molecule has 148 valence electrons. The summed E-state index contributed by atoms with van der Waals surface area (Å²) in [6.45, 7) is 0.502. The summed E-state index contributed by atoms with van der Waals surface area (Å²) in [7, 11) is 0. The Bertz CT molecular complexity index is 935.